The van der Waals surface area contributed by atoms with Crippen molar-refractivity contribution >= 4 is 16.0 Å². The van der Waals surface area contributed by atoms with Crippen molar-refractivity contribution in [2.45, 2.75) is 33.2 Å². The van der Waals surface area contributed by atoms with Crippen molar-refractivity contribution in [3.8, 4) is 0 Å². The molecule has 0 heterocycles. The summed E-state index contributed by atoms with van der Waals surface area (Å²) in [5, 5.41) is 8.56. The summed E-state index contributed by atoms with van der Waals surface area (Å²) in [4.78, 5) is 10.5. The molecule has 6 heteroatoms. The fourth-order valence-electron chi connectivity index (χ4n) is 1.11. The summed E-state index contributed by atoms with van der Waals surface area (Å²) in [6, 6.07) is -0.317. The van der Waals surface area contributed by atoms with Crippen molar-refractivity contribution in [2.24, 2.45) is 0 Å². The van der Waals surface area contributed by atoms with Gasteiger partial charge in [0.25, 0.3) is 0 Å². The van der Waals surface area contributed by atoms with Gasteiger partial charge in [0.2, 0.25) is 10.0 Å². The molecule has 0 radical (unpaired) electrons. The van der Waals surface area contributed by atoms with Gasteiger partial charge in [0, 0.05) is 6.04 Å². The first-order valence-corrected chi connectivity index (χ1v) is 6.13. The van der Waals surface area contributed by atoms with Crippen molar-refractivity contribution in [1.29, 1.82) is 0 Å². The van der Waals surface area contributed by atoms with E-state index in [2.05, 4.69) is 0 Å². The lowest BCUT2D eigenvalue weighted by Gasteiger charge is -2.23. The zero-order chi connectivity index (χ0) is 11.4. The minimum absolute atomic E-state index is 0.00153. The molecule has 0 fully saturated rings. The lowest BCUT2D eigenvalue weighted by atomic mass is 10.4. The standard InChI is InChI=1S/C8H17NO4S/c1-4-5-14(12,13)9(7(2)3)6-8(10)11/h7H,4-6H2,1-3H3,(H,10,11). The Bertz CT molecular complexity index is 284. The quantitative estimate of drug-likeness (QED) is 0.712. The molecular weight excluding hydrogens is 206 g/mol. The molecule has 0 unspecified atom stereocenters. The Kier molecular flexibility index (Phi) is 5.07. The summed E-state index contributed by atoms with van der Waals surface area (Å²) in [5.41, 5.74) is 0. The summed E-state index contributed by atoms with van der Waals surface area (Å²) in [5.74, 6) is -1.13. The molecular formula is C8H17NO4S. The highest BCUT2D eigenvalue weighted by atomic mass is 32.2. The molecule has 0 aliphatic rings. The van der Waals surface area contributed by atoms with Crippen LogP contribution < -0.4 is 0 Å². The molecule has 0 bridgehead atoms. The number of rotatable bonds is 6. The second-order valence-corrected chi connectivity index (χ2v) is 5.39. The van der Waals surface area contributed by atoms with Crippen molar-refractivity contribution in [3.05, 3.63) is 0 Å². The number of carbonyl (C=O) groups is 1. The average molecular weight is 223 g/mol. The van der Waals surface area contributed by atoms with Gasteiger partial charge in [0.05, 0.1) is 5.75 Å². The van der Waals surface area contributed by atoms with Crippen LogP contribution >= 0.6 is 0 Å². The van der Waals surface area contributed by atoms with E-state index in [1.165, 1.54) is 0 Å². The Labute approximate surface area is 84.8 Å². The molecule has 0 rings (SSSR count). The maximum Gasteiger partial charge on any atom is 0.318 e. The minimum Gasteiger partial charge on any atom is -0.480 e. The van der Waals surface area contributed by atoms with Crippen molar-refractivity contribution in [2.75, 3.05) is 12.3 Å². The third-order valence-electron chi connectivity index (χ3n) is 1.69. The van der Waals surface area contributed by atoms with Crippen LogP contribution in [0.2, 0.25) is 0 Å². The van der Waals surface area contributed by atoms with E-state index in [0.717, 1.165) is 4.31 Å². The van der Waals surface area contributed by atoms with E-state index in [-0.39, 0.29) is 11.8 Å². The monoisotopic (exact) mass is 223 g/mol. The van der Waals surface area contributed by atoms with Gasteiger partial charge < -0.3 is 5.11 Å². The smallest absolute Gasteiger partial charge is 0.318 e. The van der Waals surface area contributed by atoms with Crippen LogP contribution in [0.15, 0.2) is 0 Å². The molecule has 84 valence electrons. The van der Waals surface area contributed by atoms with Gasteiger partial charge in [-0.05, 0) is 20.3 Å². The molecule has 0 aromatic heterocycles. The molecule has 5 nitrogen and oxygen atoms in total. The number of aliphatic carboxylic acids is 1. The molecule has 0 aliphatic carbocycles. The van der Waals surface area contributed by atoms with E-state index in [9.17, 15) is 13.2 Å². The Morgan fingerprint density at radius 3 is 2.21 bits per heavy atom. The van der Waals surface area contributed by atoms with Gasteiger partial charge in [-0.25, -0.2) is 8.42 Å². The Hall–Kier alpha value is -0.620. The Morgan fingerprint density at radius 1 is 1.43 bits per heavy atom. The van der Waals surface area contributed by atoms with Gasteiger partial charge >= 0.3 is 5.97 Å². The normalized spacial score (nSPS) is 12.4. The second-order valence-electron chi connectivity index (χ2n) is 3.35. The van der Waals surface area contributed by atoms with Gasteiger partial charge in [0.1, 0.15) is 6.54 Å². The summed E-state index contributed by atoms with van der Waals surface area (Å²) < 4.78 is 24.2. The summed E-state index contributed by atoms with van der Waals surface area (Å²) in [7, 11) is -3.41. The van der Waals surface area contributed by atoms with Crippen molar-refractivity contribution in [1.82, 2.24) is 4.31 Å². The minimum atomic E-state index is -3.41. The summed E-state index contributed by atoms with van der Waals surface area (Å²) in [6.45, 7) is 4.61. The van der Waals surface area contributed by atoms with Gasteiger partial charge in [-0.2, -0.15) is 4.31 Å². The van der Waals surface area contributed by atoms with Crippen molar-refractivity contribution < 1.29 is 18.3 Å². The van der Waals surface area contributed by atoms with Crippen LogP contribution in [-0.4, -0.2) is 42.1 Å². The molecule has 0 saturated heterocycles. The molecule has 1 N–H and O–H groups in total. The van der Waals surface area contributed by atoms with Crippen LogP contribution in [0.1, 0.15) is 27.2 Å². The summed E-state index contributed by atoms with van der Waals surface area (Å²) in [6.07, 6.45) is 0.491. The van der Waals surface area contributed by atoms with Gasteiger partial charge in [-0.3, -0.25) is 4.79 Å². The second kappa shape index (κ2) is 5.31. The molecule has 14 heavy (non-hydrogen) atoms. The zero-order valence-corrected chi connectivity index (χ0v) is 9.54. The first-order chi connectivity index (χ1) is 6.31. The lowest BCUT2D eigenvalue weighted by Crippen LogP contribution is -2.41. The van der Waals surface area contributed by atoms with Crippen LogP contribution in [0.3, 0.4) is 0 Å². The van der Waals surface area contributed by atoms with E-state index in [4.69, 9.17) is 5.11 Å². The fraction of sp³-hybridized carbons (Fsp3) is 0.875. The number of hydrogen-bond donors (Lipinski definition) is 1. The predicted molar refractivity (Wildman–Crippen MR) is 53.6 cm³/mol. The number of carboxylic acid groups (broad SMARTS) is 1. The van der Waals surface area contributed by atoms with E-state index in [1.807, 2.05) is 0 Å². The highest BCUT2D eigenvalue weighted by Gasteiger charge is 2.25. The average Bonchev–Trinajstić information content (AvgIpc) is 1.99. The SMILES string of the molecule is CCCS(=O)(=O)N(CC(=O)O)C(C)C. The number of hydrogen-bond acceptors (Lipinski definition) is 3. The fourth-order valence-corrected chi connectivity index (χ4v) is 2.81. The maximum atomic E-state index is 11.6. The van der Waals surface area contributed by atoms with E-state index in [0.29, 0.717) is 6.42 Å². The highest BCUT2D eigenvalue weighted by Crippen LogP contribution is 2.08. The van der Waals surface area contributed by atoms with Crippen LogP contribution in [0.25, 0.3) is 0 Å². The van der Waals surface area contributed by atoms with Crippen LogP contribution in [0.5, 0.6) is 0 Å². The molecule has 0 saturated carbocycles. The Balaban J connectivity index is 4.73. The third-order valence-corrected chi connectivity index (χ3v) is 3.88. The van der Waals surface area contributed by atoms with Crippen molar-refractivity contribution in [3.63, 3.8) is 0 Å². The first kappa shape index (κ1) is 13.4. The molecule has 0 spiro atoms. The largest absolute Gasteiger partial charge is 0.480 e. The van der Waals surface area contributed by atoms with E-state index in [1.54, 1.807) is 20.8 Å². The number of nitrogens with zero attached hydrogens (tertiary/aromatic N) is 1. The molecule has 0 amide bonds. The van der Waals surface area contributed by atoms with Gasteiger partial charge in [-0.1, -0.05) is 6.92 Å². The molecule has 0 aromatic rings. The summed E-state index contributed by atoms with van der Waals surface area (Å²) >= 11 is 0. The van der Waals surface area contributed by atoms with Gasteiger partial charge in [-0.15, -0.1) is 0 Å². The topological polar surface area (TPSA) is 74.7 Å². The van der Waals surface area contributed by atoms with Crippen LogP contribution in [-0.2, 0) is 14.8 Å². The Morgan fingerprint density at radius 2 is 1.93 bits per heavy atom. The van der Waals surface area contributed by atoms with E-state index < -0.39 is 22.5 Å². The van der Waals surface area contributed by atoms with Crippen LogP contribution in [0.4, 0.5) is 0 Å². The molecule has 0 atom stereocenters. The number of sulfonamides is 1. The van der Waals surface area contributed by atoms with Gasteiger partial charge in [0.15, 0.2) is 0 Å². The van der Waals surface area contributed by atoms with Crippen LogP contribution in [0, 0.1) is 0 Å². The van der Waals surface area contributed by atoms with E-state index >= 15 is 0 Å². The predicted octanol–water partition coefficient (Wildman–Crippen LogP) is 0.521. The number of carboxylic acids is 1. The lowest BCUT2D eigenvalue weighted by molar-refractivity contribution is -0.137. The third kappa shape index (κ3) is 4.06. The maximum absolute atomic E-state index is 11.6. The first-order valence-electron chi connectivity index (χ1n) is 4.52. The molecule has 0 aliphatic heterocycles. The highest BCUT2D eigenvalue weighted by molar-refractivity contribution is 7.89. The molecule has 0 aromatic carbocycles. The zero-order valence-electron chi connectivity index (χ0n) is 8.73.